The fourth-order valence-corrected chi connectivity index (χ4v) is 4.02. The van der Waals surface area contributed by atoms with E-state index in [0.717, 1.165) is 41.3 Å². The lowest BCUT2D eigenvalue weighted by atomic mass is 9.85. The summed E-state index contributed by atoms with van der Waals surface area (Å²) in [4.78, 5) is 4.88. The van der Waals surface area contributed by atoms with E-state index >= 15 is 0 Å². The third-order valence-corrected chi connectivity index (χ3v) is 5.60. The van der Waals surface area contributed by atoms with E-state index in [1.54, 1.807) is 7.05 Å². The second kappa shape index (κ2) is 9.45. The van der Waals surface area contributed by atoms with E-state index in [1.165, 1.54) is 12.1 Å². The van der Waals surface area contributed by atoms with Crippen LogP contribution in [0.3, 0.4) is 0 Å². The molecule has 0 fully saturated rings. The molecule has 1 unspecified atom stereocenters. The van der Waals surface area contributed by atoms with Crippen LogP contribution in [0, 0.1) is 0 Å². The van der Waals surface area contributed by atoms with Gasteiger partial charge in [-0.25, -0.2) is 0 Å². The minimum atomic E-state index is -4.43. The van der Waals surface area contributed by atoms with Gasteiger partial charge >= 0.3 is 6.18 Å². The Morgan fingerprint density at radius 3 is 2.29 bits per heavy atom. The van der Waals surface area contributed by atoms with Gasteiger partial charge in [-0.3, -0.25) is 10.4 Å². The molecule has 3 aromatic rings. The predicted molar refractivity (Wildman–Crippen MR) is 118 cm³/mol. The molecule has 1 atom stereocenters. The Labute approximate surface area is 180 Å². The van der Waals surface area contributed by atoms with Crippen LogP contribution < -0.4 is 5.43 Å². The quantitative estimate of drug-likeness (QED) is 0.313. The molecule has 0 bridgehead atoms. The topological polar surface area (TPSA) is 49.6 Å². The maximum Gasteiger partial charge on any atom is 0.416 e. The van der Waals surface area contributed by atoms with Crippen LogP contribution in [0.4, 0.5) is 13.2 Å². The highest BCUT2D eigenvalue weighted by atomic mass is 19.4. The lowest BCUT2D eigenvalue weighted by molar-refractivity contribution is -0.137. The van der Waals surface area contributed by atoms with Crippen LogP contribution in [0.1, 0.15) is 62.4 Å². The molecule has 0 aliphatic heterocycles. The van der Waals surface area contributed by atoms with Gasteiger partial charge in [0, 0.05) is 16.9 Å². The van der Waals surface area contributed by atoms with Crippen molar-refractivity contribution in [2.45, 2.75) is 51.7 Å². The van der Waals surface area contributed by atoms with Gasteiger partial charge in [0.1, 0.15) is 0 Å². The Morgan fingerprint density at radius 1 is 1.03 bits per heavy atom. The summed E-state index contributed by atoms with van der Waals surface area (Å²) >= 11 is 0. The van der Waals surface area contributed by atoms with Gasteiger partial charge < -0.3 is 0 Å². The number of alkyl halides is 3. The van der Waals surface area contributed by atoms with Crippen LogP contribution in [-0.4, -0.2) is 12.0 Å². The van der Waals surface area contributed by atoms with Gasteiger partial charge in [-0.1, -0.05) is 49.4 Å². The first kappa shape index (κ1) is 22.7. The number of halogens is 3. The van der Waals surface area contributed by atoms with E-state index in [2.05, 4.69) is 29.6 Å². The van der Waals surface area contributed by atoms with Gasteiger partial charge in [-0.15, -0.1) is 0 Å². The monoisotopic (exact) mass is 428 g/mol. The molecular formula is C24H27F3N4. The van der Waals surface area contributed by atoms with Gasteiger partial charge in [-0.05, 0) is 49.1 Å². The van der Waals surface area contributed by atoms with Gasteiger partial charge in [-0.2, -0.15) is 18.3 Å². The zero-order valence-electron chi connectivity index (χ0n) is 18.2. The summed E-state index contributed by atoms with van der Waals surface area (Å²) in [5, 5.41) is 8.19. The minimum absolute atomic E-state index is 0.173. The minimum Gasteiger partial charge on any atom is -0.284 e. The maximum atomic E-state index is 13.5. The SMILES string of the molecule is CCC(CC)c1nc2ccc(C(F)(F)F)cc2c(-c2ccccc2)c1C(C)N/N=N\C. The second-order valence-corrected chi connectivity index (χ2v) is 7.55. The summed E-state index contributed by atoms with van der Waals surface area (Å²) < 4.78 is 40.6. The Balaban J connectivity index is 2.46. The molecule has 7 heteroatoms. The third kappa shape index (κ3) is 4.70. The predicted octanol–water partition coefficient (Wildman–Crippen LogP) is 7.47. The molecule has 0 saturated heterocycles. The molecule has 1 heterocycles. The van der Waals surface area contributed by atoms with Crippen molar-refractivity contribution in [2.24, 2.45) is 10.3 Å². The van der Waals surface area contributed by atoms with E-state index < -0.39 is 11.7 Å². The standard InChI is InChI=1S/C24H27F3N4/c1-5-16(6-2)23-21(15(3)30-31-28-4)22(17-10-8-7-9-11-17)19-14-18(24(25,26)27)12-13-20(19)29-23/h7-16H,5-6H2,1-4H3,(H,28,30). The smallest absolute Gasteiger partial charge is 0.284 e. The molecular weight excluding hydrogens is 401 g/mol. The Bertz CT molecular complexity index is 1060. The summed E-state index contributed by atoms with van der Waals surface area (Å²) in [6, 6.07) is 13.0. The van der Waals surface area contributed by atoms with E-state index in [-0.39, 0.29) is 12.0 Å². The average molecular weight is 429 g/mol. The first-order valence-corrected chi connectivity index (χ1v) is 10.5. The number of rotatable bonds is 7. The first-order valence-electron chi connectivity index (χ1n) is 10.5. The van der Waals surface area contributed by atoms with E-state index in [0.29, 0.717) is 10.9 Å². The van der Waals surface area contributed by atoms with Gasteiger partial charge in [0.2, 0.25) is 0 Å². The van der Waals surface area contributed by atoms with Crippen molar-refractivity contribution in [3.05, 3.63) is 65.4 Å². The number of nitrogens with zero attached hydrogens (tertiary/aromatic N) is 3. The summed E-state index contributed by atoms with van der Waals surface area (Å²) in [6.07, 6.45) is -2.69. The Hall–Kier alpha value is -2.96. The van der Waals surface area contributed by atoms with E-state index in [4.69, 9.17) is 4.98 Å². The largest absolute Gasteiger partial charge is 0.416 e. The zero-order valence-corrected chi connectivity index (χ0v) is 18.2. The van der Waals surface area contributed by atoms with E-state index in [1.807, 2.05) is 37.3 Å². The van der Waals surface area contributed by atoms with Crippen LogP contribution in [-0.2, 0) is 6.18 Å². The van der Waals surface area contributed by atoms with Crippen molar-refractivity contribution in [2.75, 3.05) is 7.05 Å². The lowest BCUT2D eigenvalue weighted by Crippen LogP contribution is -2.18. The summed E-state index contributed by atoms with van der Waals surface area (Å²) in [6.45, 7) is 6.13. The molecule has 2 aromatic carbocycles. The molecule has 0 aliphatic rings. The molecule has 4 nitrogen and oxygen atoms in total. The molecule has 1 N–H and O–H groups in total. The second-order valence-electron chi connectivity index (χ2n) is 7.55. The van der Waals surface area contributed by atoms with Crippen molar-refractivity contribution in [3.8, 4) is 11.1 Å². The molecule has 31 heavy (non-hydrogen) atoms. The van der Waals surface area contributed by atoms with Crippen LogP contribution in [0.5, 0.6) is 0 Å². The number of aromatic nitrogens is 1. The van der Waals surface area contributed by atoms with Crippen molar-refractivity contribution in [1.82, 2.24) is 10.4 Å². The van der Waals surface area contributed by atoms with Crippen molar-refractivity contribution < 1.29 is 13.2 Å². The highest BCUT2D eigenvalue weighted by Gasteiger charge is 2.32. The first-order chi connectivity index (χ1) is 14.8. The third-order valence-electron chi connectivity index (χ3n) is 5.60. The van der Waals surface area contributed by atoms with Gasteiger partial charge in [0.25, 0.3) is 0 Å². The van der Waals surface area contributed by atoms with Crippen molar-refractivity contribution in [3.63, 3.8) is 0 Å². The summed E-state index contributed by atoms with van der Waals surface area (Å²) in [5.74, 6) is 0.173. The normalized spacial score (nSPS) is 13.3. The maximum absolute atomic E-state index is 13.5. The number of hydrogen-bond acceptors (Lipinski definition) is 3. The van der Waals surface area contributed by atoms with Crippen LogP contribution in [0.2, 0.25) is 0 Å². The fraction of sp³-hybridized carbons (Fsp3) is 0.375. The molecule has 0 aliphatic carbocycles. The molecule has 164 valence electrons. The van der Waals surface area contributed by atoms with Gasteiger partial charge in [0.15, 0.2) is 0 Å². The summed E-state index contributed by atoms with van der Waals surface area (Å²) in [5.41, 5.74) is 6.23. The number of benzene rings is 2. The van der Waals surface area contributed by atoms with Gasteiger partial charge in [0.05, 0.1) is 29.9 Å². The molecule has 0 saturated carbocycles. The van der Waals surface area contributed by atoms with Crippen LogP contribution in [0.15, 0.2) is 58.9 Å². The molecule has 0 amide bonds. The van der Waals surface area contributed by atoms with Crippen molar-refractivity contribution in [1.29, 1.82) is 0 Å². The molecule has 0 spiro atoms. The van der Waals surface area contributed by atoms with Crippen molar-refractivity contribution >= 4 is 10.9 Å². The number of nitrogens with one attached hydrogen (secondary N) is 1. The Morgan fingerprint density at radius 2 is 1.71 bits per heavy atom. The lowest BCUT2D eigenvalue weighted by Gasteiger charge is -2.25. The number of pyridine rings is 1. The number of fused-ring (bicyclic) bond motifs is 1. The average Bonchev–Trinajstić information content (AvgIpc) is 2.77. The Kier molecular flexibility index (Phi) is 6.93. The highest BCUT2D eigenvalue weighted by Crippen LogP contribution is 2.42. The zero-order chi connectivity index (χ0) is 22.6. The molecule has 1 aromatic heterocycles. The van der Waals surface area contributed by atoms with E-state index in [9.17, 15) is 13.2 Å². The number of hydrogen-bond donors (Lipinski definition) is 1. The highest BCUT2D eigenvalue weighted by molar-refractivity contribution is 5.97. The van der Waals surface area contributed by atoms with Crippen LogP contribution in [0.25, 0.3) is 22.0 Å². The molecule has 0 radical (unpaired) electrons. The fourth-order valence-electron chi connectivity index (χ4n) is 4.02. The van der Waals surface area contributed by atoms with Crippen LogP contribution >= 0.6 is 0 Å². The molecule has 3 rings (SSSR count). The summed E-state index contributed by atoms with van der Waals surface area (Å²) in [7, 11) is 1.56.